The fraction of sp³-hybridized carbons (Fsp3) is 0.923. The predicted molar refractivity (Wildman–Crippen MR) is 70.3 cm³/mol. The molecule has 5 nitrogen and oxygen atoms in total. The quantitative estimate of drug-likeness (QED) is 0.585. The molecule has 1 N–H and O–H groups in total. The highest BCUT2D eigenvalue weighted by Crippen LogP contribution is 2.18. The molecule has 5 heteroatoms. The Morgan fingerprint density at radius 3 is 2.78 bits per heavy atom. The van der Waals surface area contributed by atoms with Crippen LogP contribution in [0.2, 0.25) is 0 Å². The van der Waals surface area contributed by atoms with Gasteiger partial charge in [0.1, 0.15) is 0 Å². The van der Waals surface area contributed by atoms with Gasteiger partial charge in [0.05, 0.1) is 5.41 Å². The SMILES string of the molecule is COCCCN1CCNCC1OC(=O)C(C)(C)C. The average Bonchev–Trinajstić information content (AvgIpc) is 2.30. The van der Waals surface area contributed by atoms with Crippen LogP contribution in [0.25, 0.3) is 0 Å². The number of hydrogen-bond acceptors (Lipinski definition) is 5. The van der Waals surface area contributed by atoms with Crippen molar-refractivity contribution in [2.24, 2.45) is 5.41 Å². The van der Waals surface area contributed by atoms with Gasteiger partial charge in [-0.25, -0.2) is 0 Å². The summed E-state index contributed by atoms with van der Waals surface area (Å²) in [5.41, 5.74) is -0.449. The van der Waals surface area contributed by atoms with Crippen LogP contribution in [0, 0.1) is 5.41 Å². The summed E-state index contributed by atoms with van der Waals surface area (Å²) in [6.45, 7) is 9.82. The normalized spacial score (nSPS) is 21.9. The topological polar surface area (TPSA) is 50.8 Å². The monoisotopic (exact) mass is 258 g/mol. The second-order valence-electron chi connectivity index (χ2n) is 5.70. The lowest BCUT2D eigenvalue weighted by Crippen LogP contribution is -2.54. The Balaban J connectivity index is 2.46. The number of piperazine rings is 1. The maximum absolute atomic E-state index is 11.9. The van der Waals surface area contributed by atoms with Crippen molar-refractivity contribution in [3.8, 4) is 0 Å². The molecule has 1 fully saturated rings. The molecule has 0 aliphatic carbocycles. The number of nitrogens with zero attached hydrogens (tertiary/aromatic N) is 1. The molecule has 18 heavy (non-hydrogen) atoms. The van der Waals surface area contributed by atoms with E-state index in [9.17, 15) is 4.79 Å². The van der Waals surface area contributed by atoms with Crippen molar-refractivity contribution in [2.75, 3.05) is 39.9 Å². The number of carbonyl (C=O) groups excluding carboxylic acids is 1. The van der Waals surface area contributed by atoms with Crippen LogP contribution in [0.1, 0.15) is 27.2 Å². The molecule has 0 aromatic rings. The smallest absolute Gasteiger partial charge is 0.312 e. The van der Waals surface area contributed by atoms with E-state index < -0.39 is 5.41 Å². The van der Waals surface area contributed by atoms with E-state index in [2.05, 4.69) is 10.2 Å². The number of rotatable bonds is 5. The fourth-order valence-corrected chi connectivity index (χ4v) is 1.81. The standard InChI is InChI=1S/C13H26N2O3/c1-13(2,3)12(16)18-11-10-14-6-8-15(11)7-5-9-17-4/h11,14H,5-10H2,1-4H3. The van der Waals surface area contributed by atoms with Crippen molar-refractivity contribution < 1.29 is 14.3 Å². The van der Waals surface area contributed by atoms with Crippen molar-refractivity contribution in [3.63, 3.8) is 0 Å². The summed E-state index contributed by atoms with van der Waals surface area (Å²) in [6.07, 6.45) is 0.808. The third-order valence-electron chi connectivity index (χ3n) is 2.95. The van der Waals surface area contributed by atoms with E-state index in [1.54, 1.807) is 7.11 Å². The molecule has 1 aliphatic rings. The minimum absolute atomic E-state index is 0.145. The van der Waals surface area contributed by atoms with E-state index >= 15 is 0 Å². The van der Waals surface area contributed by atoms with Gasteiger partial charge in [-0.05, 0) is 27.2 Å². The molecule has 0 spiro atoms. The van der Waals surface area contributed by atoms with Crippen molar-refractivity contribution in [1.82, 2.24) is 10.2 Å². The van der Waals surface area contributed by atoms with Gasteiger partial charge >= 0.3 is 5.97 Å². The summed E-state index contributed by atoms with van der Waals surface area (Å²) >= 11 is 0. The molecule has 1 aliphatic heterocycles. The Hall–Kier alpha value is -0.650. The molecule has 1 atom stereocenters. The first-order chi connectivity index (χ1) is 8.45. The van der Waals surface area contributed by atoms with Crippen LogP contribution < -0.4 is 5.32 Å². The summed E-state index contributed by atoms with van der Waals surface area (Å²) in [5.74, 6) is -0.145. The predicted octanol–water partition coefficient (Wildman–Crippen LogP) is 0.844. The molecule has 0 saturated carbocycles. The van der Waals surface area contributed by atoms with Gasteiger partial charge in [-0.1, -0.05) is 0 Å². The van der Waals surface area contributed by atoms with Crippen LogP contribution in [0.4, 0.5) is 0 Å². The average molecular weight is 258 g/mol. The maximum Gasteiger partial charge on any atom is 0.312 e. The number of methoxy groups -OCH3 is 1. The minimum Gasteiger partial charge on any atom is -0.445 e. The second-order valence-corrected chi connectivity index (χ2v) is 5.70. The summed E-state index contributed by atoms with van der Waals surface area (Å²) < 4.78 is 10.6. The van der Waals surface area contributed by atoms with E-state index in [4.69, 9.17) is 9.47 Å². The molecule has 0 radical (unpaired) electrons. The number of hydrogen-bond donors (Lipinski definition) is 1. The number of carbonyl (C=O) groups is 1. The van der Waals surface area contributed by atoms with Gasteiger partial charge in [0.25, 0.3) is 0 Å². The first-order valence-corrected chi connectivity index (χ1v) is 6.60. The van der Waals surface area contributed by atoms with Crippen molar-refractivity contribution in [3.05, 3.63) is 0 Å². The van der Waals surface area contributed by atoms with Gasteiger partial charge in [0.15, 0.2) is 6.23 Å². The van der Waals surface area contributed by atoms with Crippen molar-refractivity contribution >= 4 is 5.97 Å². The largest absolute Gasteiger partial charge is 0.445 e. The highest BCUT2D eigenvalue weighted by atomic mass is 16.6. The first-order valence-electron chi connectivity index (χ1n) is 6.60. The van der Waals surface area contributed by atoms with Gasteiger partial charge in [-0.3, -0.25) is 9.69 Å². The lowest BCUT2D eigenvalue weighted by Gasteiger charge is -2.36. The van der Waals surface area contributed by atoms with E-state index in [0.717, 1.165) is 32.7 Å². The maximum atomic E-state index is 11.9. The Labute approximate surface area is 110 Å². The van der Waals surface area contributed by atoms with Crippen LogP contribution in [-0.2, 0) is 14.3 Å². The van der Waals surface area contributed by atoms with Crippen LogP contribution >= 0.6 is 0 Å². The molecule has 0 bridgehead atoms. The Morgan fingerprint density at radius 1 is 1.44 bits per heavy atom. The first kappa shape index (κ1) is 15.4. The number of ether oxygens (including phenoxy) is 2. The van der Waals surface area contributed by atoms with Crippen molar-refractivity contribution in [2.45, 2.75) is 33.4 Å². The van der Waals surface area contributed by atoms with Gasteiger partial charge in [0, 0.05) is 39.9 Å². The van der Waals surface area contributed by atoms with E-state index in [1.165, 1.54) is 0 Å². The summed E-state index contributed by atoms with van der Waals surface area (Å²) in [4.78, 5) is 14.1. The fourth-order valence-electron chi connectivity index (χ4n) is 1.81. The molecule has 1 rings (SSSR count). The Bertz CT molecular complexity index is 263. The zero-order chi connectivity index (χ0) is 13.6. The highest BCUT2D eigenvalue weighted by molar-refractivity contribution is 5.75. The minimum atomic E-state index is -0.449. The molecule has 0 aromatic carbocycles. The third-order valence-corrected chi connectivity index (χ3v) is 2.95. The van der Waals surface area contributed by atoms with Crippen LogP contribution in [0.5, 0.6) is 0 Å². The summed E-state index contributed by atoms with van der Waals surface area (Å²) in [7, 11) is 1.70. The van der Waals surface area contributed by atoms with Gasteiger partial charge < -0.3 is 14.8 Å². The molecule has 0 amide bonds. The van der Waals surface area contributed by atoms with Crippen LogP contribution in [0.3, 0.4) is 0 Å². The van der Waals surface area contributed by atoms with E-state index in [-0.39, 0.29) is 12.2 Å². The summed E-state index contributed by atoms with van der Waals surface area (Å²) in [6, 6.07) is 0. The highest BCUT2D eigenvalue weighted by Gasteiger charge is 2.30. The molecule has 1 unspecified atom stereocenters. The Morgan fingerprint density at radius 2 is 2.17 bits per heavy atom. The summed E-state index contributed by atoms with van der Waals surface area (Å²) in [5, 5.41) is 3.26. The van der Waals surface area contributed by atoms with E-state index in [0.29, 0.717) is 6.54 Å². The van der Waals surface area contributed by atoms with Gasteiger partial charge in [-0.15, -0.1) is 0 Å². The lowest BCUT2D eigenvalue weighted by atomic mass is 9.97. The number of nitrogens with one attached hydrogen (secondary N) is 1. The van der Waals surface area contributed by atoms with Crippen LogP contribution in [0.15, 0.2) is 0 Å². The third kappa shape index (κ3) is 4.92. The van der Waals surface area contributed by atoms with Gasteiger partial charge in [0.2, 0.25) is 0 Å². The van der Waals surface area contributed by atoms with Crippen molar-refractivity contribution in [1.29, 1.82) is 0 Å². The van der Waals surface area contributed by atoms with Gasteiger partial charge in [-0.2, -0.15) is 0 Å². The van der Waals surface area contributed by atoms with Crippen LogP contribution in [-0.4, -0.2) is 57.0 Å². The number of esters is 1. The second kappa shape index (κ2) is 7.07. The molecule has 106 valence electrons. The lowest BCUT2D eigenvalue weighted by molar-refractivity contribution is -0.170. The zero-order valence-corrected chi connectivity index (χ0v) is 12.0. The molecule has 0 aromatic heterocycles. The molecule has 1 heterocycles. The zero-order valence-electron chi connectivity index (χ0n) is 12.0. The molecular formula is C13H26N2O3. The molecular weight excluding hydrogens is 232 g/mol. The van der Waals surface area contributed by atoms with E-state index in [1.807, 2.05) is 20.8 Å². The Kier molecular flexibility index (Phi) is 6.05. The molecule has 1 saturated heterocycles.